The van der Waals surface area contributed by atoms with E-state index < -0.39 is 29.1 Å². The van der Waals surface area contributed by atoms with Gasteiger partial charge in [0.05, 0.1) is 18.2 Å². The van der Waals surface area contributed by atoms with E-state index in [1.54, 1.807) is 12.1 Å². The molecule has 0 unspecified atom stereocenters. The van der Waals surface area contributed by atoms with Crippen molar-refractivity contribution in [3.63, 3.8) is 0 Å². The maximum Gasteiger partial charge on any atom is 0.254 e. The molecule has 0 radical (unpaired) electrons. The van der Waals surface area contributed by atoms with Crippen molar-refractivity contribution in [3.8, 4) is 5.75 Å². The minimum absolute atomic E-state index is 0.107. The van der Waals surface area contributed by atoms with E-state index in [1.807, 2.05) is 0 Å². The first kappa shape index (κ1) is 15.9. The van der Waals surface area contributed by atoms with Crippen LogP contribution in [0.25, 0.3) is 0 Å². The van der Waals surface area contributed by atoms with Crippen LogP contribution in [0.5, 0.6) is 5.75 Å². The molecule has 0 saturated heterocycles. The van der Waals surface area contributed by atoms with Crippen LogP contribution in [0.4, 0.5) is 8.78 Å². The number of halogens is 2. The molecule has 0 saturated carbocycles. The third kappa shape index (κ3) is 4.02. The van der Waals surface area contributed by atoms with Gasteiger partial charge in [-0.1, -0.05) is 12.1 Å². The lowest BCUT2D eigenvalue weighted by Crippen LogP contribution is -2.39. The van der Waals surface area contributed by atoms with Gasteiger partial charge in [-0.25, -0.2) is 8.78 Å². The van der Waals surface area contributed by atoms with E-state index >= 15 is 0 Å². The van der Waals surface area contributed by atoms with E-state index in [1.165, 1.54) is 12.1 Å². The van der Waals surface area contributed by atoms with Crippen LogP contribution in [0.2, 0.25) is 0 Å². The lowest BCUT2D eigenvalue weighted by molar-refractivity contribution is 0.0912. The molecule has 6 heteroatoms. The highest BCUT2D eigenvalue weighted by atomic mass is 19.1. The standard InChI is InChI=1S/C16H15F2NO3/c17-11-3-6-15(18)14(8-11)16(22)19-12(9-20)7-10-1-4-13(21)5-2-10/h1-6,8,12,20-21H,7,9H2,(H,19,22)/t12-/m0/s1. The summed E-state index contributed by atoms with van der Waals surface area (Å²) in [4.78, 5) is 12.0. The predicted molar refractivity (Wildman–Crippen MR) is 76.5 cm³/mol. The Hall–Kier alpha value is -2.47. The largest absolute Gasteiger partial charge is 0.508 e. The van der Waals surface area contributed by atoms with Crippen molar-refractivity contribution in [2.75, 3.05) is 6.61 Å². The molecular weight excluding hydrogens is 292 g/mol. The predicted octanol–water partition coefficient (Wildman–Crippen LogP) is 2.00. The molecule has 0 aliphatic carbocycles. The maximum absolute atomic E-state index is 13.5. The molecule has 116 valence electrons. The van der Waals surface area contributed by atoms with Gasteiger partial charge in [-0.05, 0) is 42.3 Å². The third-order valence-electron chi connectivity index (χ3n) is 3.15. The zero-order valence-corrected chi connectivity index (χ0v) is 11.6. The van der Waals surface area contributed by atoms with Gasteiger partial charge in [0.2, 0.25) is 0 Å². The summed E-state index contributed by atoms with van der Waals surface area (Å²) in [5.74, 6) is -2.24. The zero-order valence-electron chi connectivity index (χ0n) is 11.6. The normalized spacial score (nSPS) is 12.0. The van der Waals surface area contributed by atoms with E-state index in [9.17, 15) is 23.8 Å². The summed E-state index contributed by atoms with van der Waals surface area (Å²) >= 11 is 0. The second-order valence-electron chi connectivity index (χ2n) is 4.85. The maximum atomic E-state index is 13.5. The number of hydrogen-bond donors (Lipinski definition) is 3. The van der Waals surface area contributed by atoms with E-state index in [2.05, 4.69) is 5.32 Å². The Kier molecular flexibility index (Phi) is 5.06. The molecule has 2 aromatic carbocycles. The summed E-state index contributed by atoms with van der Waals surface area (Å²) in [7, 11) is 0. The number of phenols is 1. The van der Waals surface area contributed by atoms with E-state index in [4.69, 9.17) is 0 Å². The molecule has 1 atom stereocenters. The van der Waals surface area contributed by atoms with Gasteiger partial charge >= 0.3 is 0 Å². The summed E-state index contributed by atoms with van der Waals surface area (Å²) in [6.07, 6.45) is 0.291. The highest BCUT2D eigenvalue weighted by Crippen LogP contribution is 2.13. The van der Waals surface area contributed by atoms with Gasteiger partial charge in [0.25, 0.3) is 5.91 Å². The van der Waals surface area contributed by atoms with Gasteiger partial charge in [-0.3, -0.25) is 4.79 Å². The number of aliphatic hydroxyl groups is 1. The Labute approximate surface area is 126 Å². The van der Waals surface area contributed by atoms with Gasteiger partial charge in [0, 0.05) is 0 Å². The number of phenolic OH excluding ortho intramolecular Hbond substituents is 1. The Morgan fingerprint density at radius 2 is 1.82 bits per heavy atom. The van der Waals surface area contributed by atoms with Gasteiger partial charge in [-0.2, -0.15) is 0 Å². The zero-order chi connectivity index (χ0) is 16.1. The highest BCUT2D eigenvalue weighted by Gasteiger charge is 2.17. The average Bonchev–Trinajstić information content (AvgIpc) is 2.51. The smallest absolute Gasteiger partial charge is 0.254 e. The van der Waals surface area contributed by atoms with Crippen molar-refractivity contribution in [1.82, 2.24) is 5.32 Å². The monoisotopic (exact) mass is 307 g/mol. The van der Waals surface area contributed by atoms with Gasteiger partial charge in [-0.15, -0.1) is 0 Å². The molecule has 0 aliphatic rings. The minimum Gasteiger partial charge on any atom is -0.508 e. The van der Waals surface area contributed by atoms with E-state index in [0.29, 0.717) is 6.42 Å². The second kappa shape index (κ2) is 7.00. The Balaban J connectivity index is 2.07. The molecule has 0 bridgehead atoms. The number of aromatic hydroxyl groups is 1. The van der Waals surface area contributed by atoms with Gasteiger partial charge in [0.1, 0.15) is 17.4 Å². The van der Waals surface area contributed by atoms with Crippen molar-refractivity contribution < 1.29 is 23.8 Å². The number of carbonyl (C=O) groups is 1. The molecule has 0 heterocycles. The van der Waals surface area contributed by atoms with Crippen LogP contribution >= 0.6 is 0 Å². The molecule has 2 rings (SSSR count). The summed E-state index contributed by atoms with van der Waals surface area (Å²) in [6.45, 7) is -0.358. The second-order valence-corrected chi connectivity index (χ2v) is 4.85. The fourth-order valence-electron chi connectivity index (χ4n) is 2.01. The molecule has 0 aliphatic heterocycles. The molecule has 1 amide bonds. The number of benzene rings is 2. The van der Waals surface area contributed by atoms with Crippen LogP contribution in [-0.4, -0.2) is 28.8 Å². The number of amides is 1. The number of aliphatic hydroxyl groups excluding tert-OH is 1. The van der Waals surface area contributed by atoms with Crippen molar-refractivity contribution in [2.24, 2.45) is 0 Å². The SMILES string of the molecule is O=C(N[C@H](CO)Cc1ccc(O)cc1)c1cc(F)ccc1F. The number of carbonyl (C=O) groups excluding carboxylic acids is 1. The van der Waals surface area contributed by atoms with E-state index in [-0.39, 0.29) is 12.4 Å². The fraction of sp³-hybridized carbons (Fsp3) is 0.188. The fourth-order valence-corrected chi connectivity index (χ4v) is 2.01. The van der Waals surface area contributed by atoms with Crippen LogP contribution in [0, 0.1) is 11.6 Å². The summed E-state index contributed by atoms with van der Waals surface area (Å²) in [6, 6.07) is 8.21. The molecule has 0 spiro atoms. The highest BCUT2D eigenvalue weighted by molar-refractivity contribution is 5.94. The first-order chi connectivity index (χ1) is 10.5. The summed E-state index contributed by atoms with van der Waals surface area (Å²) < 4.78 is 26.6. The third-order valence-corrected chi connectivity index (χ3v) is 3.15. The Morgan fingerprint density at radius 3 is 2.45 bits per heavy atom. The van der Waals surface area contributed by atoms with Crippen molar-refractivity contribution in [3.05, 3.63) is 65.2 Å². The first-order valence-corrected chi connectivity index (χ1v) is 6.64. The minimum atomic E-state index is -0.833. The van der Waals surface area contributed by atoms with Crippen LogP contribution in [0.1, 0.15) is 15.9 Å². The van der Waals surface area contributed by atoms with E-state index in [0.717, 1.165) is 23.8 Å². The number of rotatable bonds is 5. The van der Waals surface area contributed by atoms with Crippen molar-refractivity contribution in [2.45, 2.75) is 12.5 Å². The first-order valence-electron chi connectivity index (χ1n) is 6.64. The lowest BCUT2D eigenvalue weighted by atomic mass is 10.1. The average molecular weight is 307 g/mol. The van der Waals surface area contributed by atoms with Gasteiger partial charge < -0.3 is 15.5 Å². The van der Waals surface area contributed by atoms with Crippen LogP contribution in [0.15, 0.2) is 42.5 Å². The topological polar surface area (TPSA) is 69.6 Å². The molecule has 4 nitrogen and oxygen atoms in total. The Bertz CT molecular complexity index is 659. The molecule has 0 aromatic heterocycles. The van der Waals surface area contributed by atoms with Crippen molar-refractivity contribution >= 4 is 5.91 Å². The van der Waals surface area contributed by atoms with Gasteiger partial charge in [0.15, 0.2) is 0 Å². The quantitative estimate of drug-likeness (QED) is 0.791. The van der Waals surface area contributed by atoms with Crippen LogP contribution in [0.3, 0.4) is 0 Å². The summed E-state index contributed by atoms with van der Waals surface area (Å²) in [5, 5.41) is 21.0. The molecule has 0 fully saturated rings. The molecule has 2 aromatic rings. The Morgan fingerprint density at radius 1 is 1.14 bits per heavy atom. The molecular formula is C16H15F2NO3. The lowest BCUT2D eigenvalue weighted by Gasteiger charge is -2.16. The molecule has 22 heavy (non-hydrogen) atoms. The number of nitrogens with one attached hydrogen (secondary N) is 1. The number of hydrogen-bond acceptors (Lipinski definition) is 3. The van der Waals surface area contributed by atoms with Crippen LogP contribution in [-0.2, 0) is 6.42 Å². The van der Waals surface area contributed by atoms with Crippen LogP contribution < -0.4 is 5.32 Å². The molecule has 3 N–H and O–H groups in total. The summed E-state index contributed by atoms with van der Waals surface area (Å²) in [5.41, 5.74) is 0.362. The van der Waals surface area contributed by atoms with Crippen molar-refractivity contribution in [1.29, 1.82) is 0 Å².